The zero-order valence-electron chi connectivity index (χ0n) is 13.7. The van der Waals surface area contributed by atoms with Crippen LogP contribution in [0.15, 0.2) is 43.0 Å². The maximum absolute atomic E-state index is 13.9. The molecule has 0 bridgehead atoms. The van der Waals surface area contributed by atoms with Crippen molar-refractivity contribution in [1.82, 2.24) is 20.2 Å². The molecule has 2 N–H and O–H groups in total. The minimum atomic E-state index is -0.490. The minimum absolute atomic E-state index is 0.0410. The van der Waals surface area contributed by atoms with Gasteiger partial charge in [-0.15, -0.1) is 0 Å². The van der Waals surface area contributed by atoms with E-state index in [0.29, 0.717) is 18.7 Å². The number of aromatic nitrogens is 2. The molecular formula is C17H23FN4O. The van der Waals surface area contributed by atoms with E-state index in [1.807, 2.05) is 31.5 Å². The molecular weight excluding hydrogens is 295 g/mol. The third-order valence-corrected chi connectivity index (χ3v) is 3.72. The highest BCUT2D eigenvalue weighted by Crippen LogP contribution is 2.24. The largest absolute Gasteiger partial charge is 0.337 e. The number of nitrogens with zero attached hydrogens (tertiary/aromatic N) is 2. The molecule has 0 aliphatic heterocycles. The zero-order chi connectivity index (χ0) is 16.9. The maximum Gasteiger partial charge on any atom is 0.315 e. The van der Waals surface area contributed by atoms with E-state index >= 15 is 0 Å². The van der Waals surface area contributed by atoms with E-state index in [-0.39, 0.29) is 17.9 Å². The second-order valence-corrected chi connectivity index (χ2v) is 6.35. The lowest BCUT2D eigenvalue weighted by Crippen LogP contribution is -2.46. The molecule has 0 spiro atoms. The summed E-state index contributed by atoms with van der Waals surface area (Å²) in [5.74, 6) is -0.256. The number of carbonyl (C=O) groups is 1. The van der Waals surface area contributed by atoms with Crippen molar-refractivity contribution in [2.75, 3.05) is 6.54 Å². The first-order chi connectivity index (χ1) is 10.9. The number of hydrogen-bond donors (Lipinski definition) is 2. The smallest absolute Gasteiger partial charge is 0.315 e. The lowest BCUT2D eigenvalue weighted by molar-refractivity contribution is 0.234. The molecule has 6 heteroatoms. The van der Waals surface area contributed by atoms with Crippen LogP contribution in [0.25, 0.3) is 0 Å². The molecule has 0 radical (unpaired) electrons. The first-order valence-electron chi connectivity index (χ1n) is 7.63. The lowest BCUT2D eigenvalue weighted by Gasteiger charge is -2.26. The van der Waals surface area contributed by atoms with Gasteiger partial charge in [-0.3, -0.25) is 0 Å². The summed E-state index contributed by atoms with van der Waals surface area (Å²) in [5, 5.41) is 5.68. The van der Waals surface area contributed by atoms with Crippen LogP contribution < -0.4 is 10.6 Å². The summed E-state index contributed by atoms with van der Waals surface area (Å²) in [6, 6.07) is 6.34. The Morgan fingerprint density at radius 1 is 1.39 bits per heavy atom. The van der Waals surface area contributed by atoms with Crippen molar-refractivity contribution in [2.24, 2.45) is 0 Å². The molecule has 0 aliphatic rings. The van der Waals surface area contributed by atoms with Crippen molar-refractivity contribution in [3.8, 4) is 0 Å². The lowest BCUT2D eigenvalue weighted by atomic mass is 9.84. The molecule has 1 heterocycles. The number of rotatable bonds is 6. The predicted octanol–water partition coefficient (Wildman–Crippen LogP) is 2.69. The van der Waals surface area contributed by atoms with E-state index in [1.165, 1.54) is 6.07 Å². The van der Waals surface area contributed by atoms with Crippen LogP contribution >= 0.6 is 0 Å². The quantitative estimate of drug-likeness (QED) is 0.860. The fourth-order valence-corrected chi connectivity index (χ4v) is 2.44. The SMILES string of the molecule is C[C@@H](Cn1ccnc1)NC(=O)NCC(C)(C)c1ccccc1F. The number of imidazole rings is 1. The molecule has 23 heavy (non-hydrogen) atoms. The molecule has 2 amide bonds. The summed E-state index contributed by atoms with van der Waals surface area (Å²) in [7, 11) is 0. The van der Waals surface area contributed by atoms with E-state index in [1.54, 1.807) is 30.7 Å². The molecule has 5 nitrogen and oxygen atoms in total. The molecule has 0 aliphatic carbocycles. The first-order valence-corrected chi connectivity index (χ1v) is 7.63. The van der Waals surface area contributed by atoms with Crippen LogP contribution in [0, 0.1) is 5.82 Å². The van der Waals surface area contributed by atoms with Crippen LogP contribution in [0.4, 0.5) is 9.18 Å². The van der Waals surface area contributed by atoms with E-state index < -0.39 is 5.41 Å². The fourth-order valence-electron chi connectivity index (χ4n) is 2.44. The Hall–Kier alpha value is -2.37. The highest BCUT2D eigenvalue weighted by Gasteiger charge is 2.24. The molecule has 2 rings (SSSR count). The summed E-state index contributed by atoms with van der Waals surface area (Å²) in [6.07, 6.45) is 5.25. The summed E-state index contributed by atoms with van der Waals surface area (Å²) in [6.45, 7) is 6.71. The van der Waals surface area contributed by atoms with Gasteiger partial charge in [-0.2, -0.15) is 0 Å². The summed E-state index contributed by atoms with van der Waals surface area (Å²) < 4.78 is 15.8. The molecule has 0 unspecified atom stereocenters. The number of carbonyl (C=O) groups excluding carboxylic acids is 1. The second-order valence-electron chi connectivity index (χ2n) is 6.35. The van der Waals surface area contributed by atoms with E-state index in [2.05, 4.69) is 15.6 Å². The van der Waals surface area contributed by atoms with Crippen molar-refractivity contribution in [2.45, 2.75) is 38.8 Å². The van der Waals surface area contributed by atoms with Crippen LogP contribution in [0.2, 0.25) is 0 Å². The van der Waals surface area contributed by atoms with Gasteiger partial charge in [-0.25, -0.2) is 14.2 Å². The van der Waals surface area contributed by atoms with Crippen molar-refractivity contribution < 1.29 is 9.18 Å². The van der Waals surface area contributed by atoms with Gasteiger partial charge in [0.05, 0.1) is 6.33 Å². The van der Waals surface area contributed by atoms with Gasteiger partial charge in [0.15, 0.2) is 0 Å². The van der Waals surface area contributed by atoms with E-state index in [4.69, 9.17) is 0 Å². The van der Waals surface area contributed by atoms with Gasteiger partial charge >= 0.3 is 6.03 Å². The number of benzene rings is 1. The average Bonchev–Trinajstić information content (AvgIpc) is 2.98. The maximum atomic E-state index is 13.9. The Kier molecular flexibility index (Phi) is 5.36. The predicted molar refractivity (Wildman–Crippen MR) is 87.6 cm³/mol. The molecule has 1 atom stereocenters. The van der Waals surface area contributed by atoms with Crippen molar-refractivity contribution in [3.63, 3.8) is 0 Å². The normalized spacial score (nSPS) is 12.7. The third-order valence-electron chi connectivity index (χ3n) is 3.72. The molecule has 124 valence electrons. The monoisotopic (exact) mass is 318 g/mol. The number of hydrogen-bond acceptors (Lipinski definition) is 2. The van der Waals surface area contributed by atoms with Gasteiger partial charge in [0.2, 0.25) is 0 Å². The Labute approximate surface area is 135 Å². The van der Waals surface area contributed by atoms with Crippen molar-refractivity contribution in [1.29, 1.82) is 0 Å². The highest BCUT2D eigenvalue weighted by molar-refractivity contribution is 5.74. The number of urea groups is 1. The highest BCUT2D eigenvalue weighted by atomic mass is 19.1. The molecule has 1 aromatic heterocycles. The topological polar surface area (TPSA) is 59.0 Å². The fraction of sp³-hybridized carbons (Fsp3) is 0.412. The van der Waals surface area contributed by atoms with Crippen molar-refractivity contribution >= 4 is 6.03 Å². The van der Waals surface area contributed by atoms with Gasteiger partial charge in [0.25, 0.3) is 0 Å². The Morgan fingerprint density at radius 2 is 2.13 bits per heavy atom. The zero-order valence-corrected chi connectivity index (χ0v) is 13.7. The molecule has 0 saturated heterocycles. The molecule has 1 aromatic carbocycles. The second kappa shape index (κ2) is 7.26. The van der Waals surface area contributed by atoms with Gasteiger partial charge < -0.3 is 15.2 Å². The summed E-state index contributed by atoms with van der Waals surface area (Å²) in [5.41, 5.74) is 0.0998. The van der Waals surface area contributed by atoms with E-state index in [0.717, 1.165) is 0 Å². The molecule has 0 saturated carbocycles. The van der Waals surface area contributed by atoms with Crippen LogP contribution in [0.3, 0.4) is 0 Å². The Morgan fingerprint density at radius 3 is 2.78 bits per heavy atom. The van der Waals surface area contributed by atoms with Crippen LogP contribution in [0.1, 0.15) is 26.3 Å². The van der Waals surface area contributed by atoms with Crippen molar-refractivity contribution in [3.05, 3.63) is 54.4 Å². The van der Waals surface area contributed by atoms with Gasteiger partial charge in [0, 0.05) is 36.9 Å². The first kappa shape index (κ1) is 17.0. The summed E-state index contributed by atoms with van der Waals surface area (Å²) in [4.78, 5) is 16.0. The van der Waals surface area contributed by atoms with Gasteiger partial charge in [-0.1, -0.05) is 32.0 Å². The van der Waals surface area contributed by atoms with Gasteiger partial charge in [0.1, 0.15) is 5.82 Å². The molecule has 0 fully saturated rings. The van der Waals surface area contributed by atoms with Crippen LogP contribution in [0.5, 0.6) is 0 Å². The minimum Gasteiger partial charge on any atom is -0.337 e. The Bertz CT molecular complexity index is 640. The average molecular weight is 318 g/mol. The van der Waals surface area contributed by atoms with Gasteiger partial charge in [-0.05, 0) is 18.6 Å². The number of halogens is 1. The van der Waals surface area contributed by atoms with E-state index in [9.17, 15) is 9.18 Å². The number of nitrogens with one attached hydrogen (secondary N) is 2. The van der Waals surface area contributed by atoms with Crippen LogP contribution in [-0.4, -0.2) is 28.2 Å². The van der Waals surface area contributed by atoms with Crippen LogP contribution in [-0.2, 0) is 12.0 Å². The third kappa shape index (κ3) is 4.81. The Balaban J connectivity index is 1.85. The standard InChI is InChI=1S/C17H23FN4O/c1-13(10-22-9-8-19-12-22)21-16(23)20-11-17(2,3)14-6-4-5-7-15(14)18/h4-9,12-13H,10-11H2,1-3H3,(H2,20,21,23)/t13-/m0/s1. The summed E-state index contributed by atoms with van der Waals surface area (Å²) >= 11 is 0. The number of amides is 2. The molecule has 2 aromatic rings.